The van der Waals surface area contributed by atoms with Gasteiger partial charge in [-0.3, -0.25) is 9.59 Å². The lowest BCUT2D eigenvalue weighted by molar-refractivity contribution is -0.118. The van der Waals surface area contributed by atoms with Crippen LogP contribution in [0.3, 0.4) is 0 Å². The Bertz CT molecular complexity index is 484. The normalized spacial score (nSPS) is 18.4. The van der Waals surface area contributed by atoms with E-state index >= 15 is 0 Å². The summed E-state index contributed by atoms with van der Waals surface area (Å²) < 4.78 is 0. The third-order valence-electron chi connectivity index (χ3n) is 3.35. The Morgan fingerprint density at radius 3 is 2.65 bits per heavy atom. The third kappa shape index (κ3) is 3.36. The van der Waals surface area contributed by atoms with E-state index in [9.17, 15) is 9.59 Å². The van der Waals surface area contributed by atoms with Crippen LogP contribution in [0.1, 0.15) is 26.7 Å². The zero-order chi connectivity index (χ0) is 14.5. The molecular formula is C15H21N3O2. The van der Waals surface area contributed by atoms with Crippen LogP contribution in [0.15, 0.2) is 24.3 Å². The van der Waals surface area contributed by atoms with Crippen molar-refractivity contribution in [3.05, 3.63) is 24.3 Å². The number of rotatable bonds is 5. The van der Waals surface area contributed by atoms with Gasteiger partial charge in [0.2, 0.25) is 11.8 Å². The average Bonchev–Trinajstić information content (AvgIpc) is 2.78. The minimum Gasteiger partial charge on any atom is -0.326 e. The molecule has 2 amide bonds. The molecule has 2 N–H and O–H groups in total. The number of anilines is 2. The van der Waals surface area contributed by atoms with E-state index in [2.05, 4.69) is 17.6 Å². The zero-order valence-corrected chi connectivity index (χ0v) is 12.0. The maximum Gasteiger partial charge on any atom is 0.244 e. The van der Waals surface area contributed by atoms with E-state index < -0.39 is 0 Å². The number of nitrogens with zero attached hydrogens (tertiary/aromatic N) is 1. The molecule has 1 heterocycles. The first-order chi connectivity index (χ1) is 9.61. The molecule has 1 saturated heterocycles. The van der Waals surface area contributed by atoms with Crippen molar-refractivity contribution in [2.75, 3.05) is 23.3 Å². The van der Waals surface area contributed by atoms with Gasteiger partial charge in [0.1, 0.15) is 0 Å². The first-order valence-corrected chi connectivity index (χ1v) is 7.04. The Kier molecular flexibility index (Phi) is 4.74. The molecule has 5 heteroatoms. The maximum atomic E-state index is 12.3. The molecule has 1 atom stereocenters. The van der Waals surface area contributed by atoms with Crippen LogP contribution in [0.5, 0.6) is 0 Å². The maximum absolute atomic E-state index is 12.3. The van der Waals surface area contributed by atoms with Crippen LogP contribution in [0.4, 0.5) is 11.4 Å². The summed E-state index contributed by atoms with van der Waals surface area (Å²) in [6.45, 7) is 5.16. The molecule has 1 unspecified atom stereocenters. The van der Waals surface area contributed by atoms with Crippen LogP contribution in [-0.2, 0) is 9.59 Å². The van der Waals surface area contributed by atoms with Crippen LogP contribution in [0.25, 0.3) is 0 Å². The summed E-state index contributed by atoms with van der Waals surface area (Å²) in [7, 11) is 0. The number of carbonyl (C=O) groups excluding carboxylic acids is 2. The first kappa shape index (κ1) is 14.5. The molecule has 5 nitrogen and oxygen atoms in total. The van der Waals surface area contributed by atoms with E-state index in [0.717, 1.165) is 37.3 Å². The number of hydrogen-bond acceptors (Lipinski definition) is 3. The van der Waals surface area contributed by atoms with Crippen molar-refractivity contribution in [3.63, 3.8) is 0 Å². The molecular weight excluding hydrogens is 254 g/mol. The van der Waals surface area contributed by atoms with E-state index in [0.29, 0.717) is 0 Å². The summed E-state index contributed by atoms with van der Waals surface area (Å²) in [5.74, 6) is 0.0320. The van der Waals surface area contributed by atoms with Crippen LogP contribution in [0.2, 0.25) is 0 Å². The monoisotopic (exact) mass is 275 g/mol. The standard InChI is InChI=1S/C15H21N3O2/c1-3-9-16-14-8-10-18(15(14)20)13-6-4-12(5-7-13)17-11(2)19/h4-7,14,16H,3,8-10H2,1-2H3,(H,17,19). The van der Waals surface area contributed by atoms with Gasteiger partial charge in [0.15, 0.2) is 0 Å². The largest absolute Gasteiger partial charge is 0.326 e. The van der Waals surface area contributed by atoms with Gasteiger partial charge in [0, 0.05) is 24.8 Å². The van der Waals surface area contributed by atoms with Crippen molar-refractivity contribution in [1.82, 2.24) is 5.32 Å². The Labute approximate surface area is 119 Å². The molecule has 0 aromatic heterocycles. The molecule has 1 aliphatic rings. The van der Waals surface area contributed by atoms with Crippen molar-refractivity contribution < 1.29 is 9.59 Å². The fraction of sp³-hybridized carbons (Fsp3) is 0.467. The lowest BCUT2D eigenvalue weighted by Crippen LogP contribution is -2.38. The van der Waals surface area contributed by atoms with Gasteiger partial charge < -0.3 is 15.5 Å². The molecule has 1 aromatic carbocycles. The molecule has 1 aliphatic heterocycles. The lowest BCUT2D eigenvalue weighted by Gasteiger charge is -2.17. The average molecular weight is 275 g/mol. The molecule has 0 radical (unpaired) electrons. The topological polar surface area (TPSA) is 61.4 Å². The third-order valence-corrected chi connectivity index (χ3v) is 3.35. The number of amides is 2. The van der Waals surface area contributed by atoms with Gasteiger partial charge in [-0.1, -0.05) is 6.92 Å². The number of carbonyl (C=O) groups is 2. The molecule has 0 bridgehead atoms. The Morgan fingerprint density at radius 2 is 2.05 bits per heavy atom. The van der Waals surface area contributed by atoms with Crippen molar-refractivity contribution in [2.24, 2.45) is 0 Å². The summed E-state index contributed by atoms with van der Waals surface area (Å²) in [6.07, 6.45) is 1.86. The Hall–Kier alpha value is -1.88. The highest BCUT2D eigenvalue weighted by Crippen LogP contribution is 2.23. The summed E-state index contributed by atoms with van der Waals surface area (Å²) in [6, 6.07) is 7.30. The van der Waals surface area contributed by atoms with E-state index in [4.69, 9.17) is 0 Å². The smallest absolute Gasteiger partial charge is 0.244 e. The number of hydrogen-bond donors (Lipinski definition) is 2. The minimum atomic E-state index is -0.0983. The van der Waals surface area contributed by atoms with Gasteiger partial charge in [-0.05, 0) is 43.7 Å². The highest BCUT2D eigenvalue weighted by Gasteiger charge is 2.31. The van der Waals surface area contributed by atoms with Crippen molar-refractivity contribution in [1.29, 1.82) is 0 Å². The fourth-order valence-electron chi connectivity index (χ4n) is 2.37. The number of nitrogens with one attached hydrogen (secondary N) is 2. The number of benzene rings is 1. The molecule has 2 rings (SSSR count). The van der Waals surface area contributed by atoms with Gasteiger partial charge in [0.05, 0.1) is 6.04 Å². The molecule has 1 fully saturated rings. The SMILES string of the molecule is CCCNC1CCN(c2ccc(NC(C)=O)cc2)C1=O. The summed E-state index contributed by atoms with van der Waals surface area (Å²) in [5, 5.41) is 5.99. The molecule has 1 aromatic rings. The van der Waals surface area contributed by atoms with Gasteiger partial charge >= 0.3 is 0 Å². The van der Waals surface area contributed by atoms with Gasteiger partial charge in [-0.2, -0.15) is 0 Å². The predicted molar refractivity (Wildman–Crippen MR) is 79.8 cm³/mol. The van der Waals surface area contributed by atoms with Gasteiger partial charge in [0.25, 0.3) is 0 Å². The first-order valence-electron chi connectivity index (χ1n) is 7.04. The minimum absolute atomic E-state index is 0.0648. The van der Waals surface area contributed by atoms with E-state index in [-0.39, 0.29) is 17.9 Å². The molecule has 0 aliphatic carbocycles. The Morgan fingerprint density at radius 1 is 1.35 bits per heavy atom. The van der Waals surface area contributed by atoms with E-state index in [1.54, 1.807) is 4.90 Å². The quantitative estimate of drug-likeness (QED) is 0.860. The summed E-state index contributed by atoms with van der Waals surface area (Å²) in [5.41, 5.74) is 1.62. The van der Waals surface area contributed by atoms with E-state index in [1.807, 2.05) is 24.3 Å². The Balaban J connectivity index is 2.01. The van der Waals surface area contributed by atoms with Crippen LogP contribution in [-0.4, -0.2) is 30.9 Å². The van der Waals surface area contributed by atoms with Crippen molar-refractivity contribution in [3.8, 4) is 0 Å². The summed E-state index contributed by atoms with van der Waals surface area (Å²) >= 11 is 0. The molecule has 108 valence electrons. The second kappa shape index (κ2) is 6.52. The second-order valence-electron chi connectivity index (χ2n) is 5.01. The highest BCUT2D eigenvalue weighted by molar-refractivity contribution is 5.99. The van der Waals surface area contributed by atoms with Gasteiger partial charge in [-0.15, -0.1) is 0 Å². The van der Waals surface area contributed by atoms with Crippen molar-refractivity contribution >= 4 is 23.2 Å². The van der Waals surface area contributed by atoms with E-state index in [1.165, 1.54) is 6.92 Å². The van der Waals surface area contributed by atoms with Crippen LogP contribution < -0.4 is 15.5 Å². The summed E-state index contributed by atoms with van der Waals surface area (Å²) in [4.78, 5) is 25.0. The molecule has 20 heavy (non-hydrogen) atoms. The highest BCUT2D eigenvalue weighted by atomic mass is 16.2. The molecule has 0 spiro atoms. The zero-order valence-electron chi connectivity index (χ0n) is 12.0. The van der Waals surface area contributed by atoms with Crippen LogP contribution in [0, 0.1) is 0 Å². The van der Waals surface area contributed by atoms with Gasteiger partial charge in [-0.25, -0.2) is 0 Å². The lowest BCUT2D eigenvalue weighted by atomic mass is 10.2. The second-order valence-corrected chi connectivity index (χ2v) is 5.01. The molecule has 0 saturated carbocycles. The van der Waals surface area contributed by atoms with Crippen molar-refractivity contribution in [2.45, 2.75) is 32.7 Å². The van der Waals surface area contributed by atoms with Crippen LogP contribution >= 0.6 is 0 Å². The predicted octanol–water partition coefficient (Wildman–Crippen LogP) is 1.75. The fourth-order valence-corrected chi connectivity index (χ4v) is 2.37.